The van der Waals surface area contributed by atoms with E-state index in [1.54, 1.807) is 6.92 Å². The Balaban J connectivity index is 3.16. The molecule has 1 heterocycles. The highest BCUT2D eigenvalue weighted by molar-refractivity contribution is 5.81. The number of esters is 3. The number of carbonyl (C=O) groups is 3. The Morgan fingerprint density at radius 1 is 0.742 bits per heavy atom. The van der Waals surface area contributed by atoms with Gasteiger partial charge in [0.15, 0.2) is 0 Å². The van der Waals surface area contributed by atoms with Crippen LogP contribution in [0.3, 0.4) is 0 Å². The second-order valence-corrected chi connectivity index (χ2v) is 5.97. The van der Waals surface area contributed by atoms with Crippen molar-refractivity contribution in [3.05, 3.63) is 56.8 Å². The smallest absolute Gasteiger partial charge is 0.336 e. The van der Waals surface area contributed by atoms with E-state index in [1.807, 2.05) is 0 Å². The summed E-state index contributed by atoms with van der Waals surface area (Å²) in [5.41, 5.74) is -2.76. The third kappa shape index (κ3) is 7.57. The van der Waals surface area contributed by atoms with E-state index in [0.717, 1.165) is 25.9 Å². The van der Waals surface area contributed by atoms with Gasteiger partial charge in [-0.1, -0.05) is 20.1 Å². The fraction of sp³-hybridized carbons (Fsp3) is 0.474. The maximum atomic E-state index is 12.7. The highest BCUT2D eigenvalue weighted by Crippen LogP contribution is 1.90. The first-order valence-corrected chi connectivity index (χ1v) is 9.45. The molecule has 0 unspecified atom stereocenters. The summed E-state index contributed by atoms with van der Waals surface area (Å²) >= 11 is 0. The van der Waals surface area contributed by atoms with Gasteiger partial charge in [-0.25, -0.2) is 37.7 Å². The number of aromatic nitrogens is 3. The molecule has 0 saturated carbocycles. The summed E-state index contributed by atoms with van der Waals surface area (Å²) in [7, 11) is 0. The van der Waals surface area contributed by atoms with Crippen LogP contribution in [0.4, 0.5) is 0 Å². The van der Waals surface area contributed by atoms with Crippen LogP contribution >= 0.6 is 0 Å². The maximum absolute atomic E-state index is 12.7. The highest BCUT2D eigenvalue weighted by atomic mass is 16.5. The van der Waals surface area contributed by atoms with Gasteiger partial charge in [0.05, 0.1) is 19.7 Å². The summed E-state index contributed by atoms with van der Waals surface area (Å²) in [5, 5.41) is 0. The van der Waals surface area contributed by atoms with Crippen molar-refractivity contribution in [3.63, 3.8) is 0 Å². The van der Waals surface area contributed by atoms with Crippen molar-refractivity contribution in [2.75, 3.05) is 19.8 Å². The van der Waals surface area contributed by atoms with Crippen LogP contribution in [-0.2, 0) is 48.2 Å². The van der Waals surface area contributed by atoms with E-state index in [2.05, 4.69) is 13.2 Å². The van der Waals surface area contributed by atoms with Crippen molar-refractivity contribution in [3.8, 4) is 0 Å². The molecule has 0 bridgehead atoms. The molecule has 170 valence electrons. The first-order chi connectivity index (χ1) is 14.8. The molecule has 0 saturated heterocycles. The summed E-state index contributed by atoms with van der Waals surface area (Å²) in [5.74, 6) is -1.91. The zero-order chi connectivity index (χ0) is 23.4. The first kappa shape index (κ1) is 25.3. The van der Waals surface area contributed by atoms with E-state index in [1.165, 1.54) is 0 Å². The fourth-order valence-electron chi connectivity index (χ4n) is 2.36. The largest absolute Gasteiger partial charge is 0.464 e. The van der Waals surface area contributed by atoms with Crippen molar-refractivity contribution >= 4 is 17.9 Å². The normalized spacial score (nSPS) is 10.2. The zero-order valence-electron chi connectivity index (χ0n) is 17.2. The number of hydrogen-bond donors (Lipinski definition) is 0. The van der Waals surface area contributed by atoms with Gasteiger partial charge in [0.1, 0.15) is 13.2 Å². The lowest BCUT2D eigenvalue weighted by Gasteiger charge is -2.14. The Labute approximate surface area is 176 Å². The lowest BCUT2D eigenvalue weighted by atomic mass is 10.4. The highest BCUT2D eigenvalue weighted by Gasteiger charge is 2.16. The molecule has 31 heavy (non-hydrogen) atoms. The molecule has 1 aromatic rings. The van der Waals surface area contributed by atoms with Gasteiger partial charge >= 0.3 is 35.0 Å². The second kappa shape index (κ2) is 12.8. The SMILES string of the molecule is C=CC(=O)OCCCn1c(=O)n(CCOC(=O)C=C)c(=O)n(CCOC(=O)CC)c1=O. The molecule has 12 nitrogen and oxygen atoms in total. The molecule has 0 aliphatic rings. The van der Waals surface area contributed by atoms with Gasteiger partial charge in [-0.3, -0.25) is 4.79 Å². The lowest BCUT2D eigenvalue weighted by Crippen LogP contribution is -2.55. The number of ether oxygens (including phenoxy) is 3. The van der Waals surface area contributed by atoms with Crippen LogP contribution in [-0.4, -0.2) is 51.4 Å². The van der Waals surface area contributed by atoms with Gasteiger partial charge in [0, 0.05) is 25.1 Å². The molecule has 1 rings (SSSR count). The Morgan fingerprint density at radius 2 is 1.16 bits per heavy atom. The molecule has 0 N–H and O–H groups in total. The number of nitrogens with zero attached hydrogens (tertiary/aromatic N) is 3. The lowest BCUT2D eigenvalue weighted by molar-refractivity contribution is -0.143. The number of rotatable bonds is 13. The average molecular weight is 439 g/mol. The Bertz CT molecular complexity index is 1000. The van der Waals surface area contributed by atoms with E-state index in [-0.39, 0.29) is 52.3 Å². The Morgan fingerprint density at radius 3 is 1.61 bits per heavy atom. The molecule has 0 amide bonds. The van der Waals surface area contributed by atoms with Gasteiger partial charge in [-0.2, -0.15) is 0 Å². The van der Waals surface area contributed by atoms with Crippen LogP contribution in [0.25, 0.3) is 0 Å². The quantitative estimate of drug-likeness (QED) is 0.163. The van der Waals surface area contributed by atoms with Crippen LogP contribution in [0.5, 0.6) is 0 Å². The molecule has 0 fully saturated rings. The molecular formula is C19H25N3O9. The summed E-state index contributed by atoms with van der Waals surface area (Å²) in [6.07, 6.45) is 2.13. The Kier molecular flexibility index (Phi) is 10.4. The predicted octanol–water partition coefficient (Wildman–Crippen LogP) is -1.03. The summed E-state index contributed by atoms with van der Waals surface area (Å²) in [4.78, 5) is 71.6. The third-order valence-corrected chi connectivity index (χ3v) is 3.91. The van der Waals surface area contributed by atoms with Gasteiger partial charge in [-0.15, -0.1) is 0 Å². The predicted molar refractivity (Wildman–Crippen MR) is 107 cm³/mol. The average Bonchev–Trinajstić information content (AvgIpc) is 2.76. The number of carbonyl (C=O) groups excluding carboxylic acids is 3. The van der Waals surface area contributed by atoms with E-state index < -0.39 is 35.0 Å². The fourth-order valence-corrected chi connectivity index (χ4v) is 2.36. The zero-order valence-corrected chi connectivity index (χ0v) is 17.2. The Hall–Kier alpha value is -3.70. The van der Waals surface area contributed by atoms with Gasteiger partial charge in [-0.05, 0) is 6.42 Å². The van der Waals surface area contributed by atoms with Crippen molar-refractivity contribution in [1.29, 1.82) is 0 Å². The van der Waals surface area contributed by atoms with E-state index in [9.17, 15) is 28.8 Å². The summed E-state index contributed by atoms with van der Waals surface area (Å²) in [6.45, 7) is 6.71. The molecule has 0 atom stereocenters. The van der Waals surface area contributed by atoms with E-state index in [0.29, 0.717) is 0 Å². The third-order valence-electron chi connectivity index (χ3n) is 3.91. The van der Waals surface area contributed by atoms with Crippen LogP contribution in [0.15, 0.2) is 39.7 Å². The minimum atomic E-state index is -0.938. The molecule has 0 aliphatic heterocycles. The monoisotopic (exact) mass is 439 g/mol. The maximum Gasteiger partial charge on any atom is 0.336 e. The first-order valence-electron chi connectivity index (χ1n) is 9.45. The second-order valence-electron chi connectivity index (χ2n) is 5.97. The van der Waals surface area contributed by atoms with Crippen molar-refractivity contribution < 1.29 is 28.6 Å². The topological polar surface area (TPSA) is 145 Å². The van der Waals surface area contributed by atoms with Crippen LogP contribution < -0.4 is 17.1 Å². The van der Waals surface area contributed by atoms with Crippen LogP contribution in [0, 0.1) is 0 Å². The van der Waals surface area contributed by atoms with Crippen molar-refractivity contribution in [2.45, 2.75) is 39.4 Å². The van der Waals surface area contributed by atoms with Gasteiger partial charge in [0.25, 0.3) is 0 Å². The molecule has 0 spiro atoms. The standard InChI is InChI=1S/C19H25N3O9/c1-4-14(23)29-11-7-8-20-17(26)21(9-12-30-15(24)5-2)19(28)22(18(20)27)10-13-31-16(25)6-3/h4-5H,1-2,6-13H2,3H3. The minimum absolute atomic E-state index is 0.0824. The summed E-state index contributed by atoms with van der Waals surface area (Å²) in [6, 6.07) is 0. The molecular weight excluding hydrogens is 414 g/mol. The summed E-state index contributed by atoms with van der Waals surface area (Å²) < 4.78 is 16.8. The molecule has 0 aromatic carbocycles. The molecule has 0 aliphatic carbocycles. The van der Waals surface area contributed by atoms with Gasteiger partial charge < -0.3 is 14.2 Å². The molecule has 12 heteroatoms. The van der Waals surface area contributed by atoms with Crippen molar-refractivity contribution in [1.82, 2.24) is 13.7 Å². The van der Waals surface area contributed by atoms with Crippen LogP contribution in [0.2, 0.25) is 0 Å². The van der Waals surface area contributed by atoms with E-state index >= 15 is 0 Å². The van der Waals surface area contributed by atoms with Gasteiger partial charge in [0.2, 0.25) is 0 Å². The van der Waals surface area contributed by atoms with E-state index in [4.69, 9.17) is 14.2 Å². The van der Waals surface area contributed by atoms with Crippen LogP contribution in [0.1, 0.15) is 19.8 Å². The number of hydrogen-bond acceptors (Lipinski definition) is 9. The minimum Gasteiger partial charge on any atom is -0.464 e. The molecule has 0 radical (unpaired) electrons. The van der Waals surface area contributed by atoms with Crippen molar-refractivity contribution in [2.24, 2.45) is 0 Å². The molecule has 1 aromatic heterocycles.